The molecule has 0 aromatic heterocycles. The van der Waals surface area contributed by atoms with E-state index in [1.54, 1.807) is 0 Å². The van der Waals surface area contributed by atoms with Crippen molar-refractivity contribution in [3.8, 4) is 0 Å². The van der Waals surface area contributed by atoms with E-state index < -0.39 is 0 Å². The fourth-order valence-corrected chi connectivity index (χ4v) is 8.71. The van der Waals surface area contributed by atoms with Gasteiger partial charge >= 0.3 is 0 Å². The topological polar surface area (TPSA) is 244 Å². The van der Waals surface area contributed by atoms with Crippen LogP contribution >= 0.6 is 0 Å². The maximum Gasteiger partial charge on any atom is 0.0108 e. The van der Waals surface area contributed by atoms with Crippen molar-refractivity contribution in [3.05, 3.63) is 0 Å². The molecule has 0 rings (SSSR count). The van der Waals surface area contributed by atoms with Crippen molar-refractivity contribution in [2.75, 3.05) is 276 Å². The fourth-order valence-electron chi connectivity index (χ4n) is 8.71. The Hall–Kier alpha value is -0.800. The fraction of sp³-hybridized carbons (Fsp3) is 1.00. The molecule has 0 aliphatic heterocycles. The minimum Gasteiger partial charge on any atom is -0.329 e. The molecule has 1 atom stereocenters. The van der Waals surface area contributed by atoms with Gasteiger partial charge in [0.05, 0.1) is 0 Å². The lowest BCUT2D eigenvalue weighted by atomic mass is 9.92. The van der Waals surface area contributed by atoms with E-state index in [9.17, 15) is 0 Å². The van der Waals surface area contributed by atoms with Gasteiger partial charge in [-0.05, 0) is 52.4 Å². The molecule has 18 N–H and O–H groups in total. The number of rotatable bonds is 60. The molecule has 0 saturated heterocycles. The molecule has 0 aromatic rings. The van der Waals surface area contributed by atoms with Crippen LogP contribution < -0.4 is 76.1 Å². The molecule has 0 heterocycles. The summed E-state index contributed by atoms with van der Waals surface area (Å²) in [5.41, 5.74) is 23.4. The average Bonchev–Trinajstić information content (AvgIpc) is 3.35. The zero-order chi connectivity index (χ0) is 52.1. The smallest absolute Gasteiger partial charge is 0.0108 e. The van der Waals surface area contributed by atoms with E-state index in [0.29, 0.717) is 26.2 Å². The molecule has 0 saturated carbocycles. The van der Waals surface area contributed by atoms with Gasteiger partial charge in [0.1, 0.15) is 0 Å². The minimum atomic E-state index is 0.664. The van der Waals surface area contributed by atoms with Gasteiger partial charge in [-0.15, -0.1) is 0 Å². The summed E-state index contributed by atoms with van der Waals surface area (Å²) in [4.78, 5) is 15.0. The van der Waals surface area contributed by atoms with Crippen molar-refractivity contribution in [2.24, 2.45) is 34.8 Å². The average molecular weight is 1020 g/mol. The largest absolute Gasteiger partial charge is 0.329 e. The predicted octanol–water partition coefficient (Wildman–Crippen LogP) is -3.73. The summed E-state index contributed by atoms with van der Waals surface area (Å²) in [5, 5.41) is 36.0. The summed E-state index contributed by atoms with van der Waals surface area (Å²) in [6.45, 7) is 44.6. The van der Waals surface area contributed by atoms with Crippen molar-refractivity contribution >= 4 is 0 Å². The summed E-state index contributed by atoms with van der Waals surface area (Å²) in [5.74, 6) is 1.57. The van der Waals surface area contributed by atoms with Crippen LogP contribution in [0.15, 0.2) is 0 Å². The number of likely N-dealkylation sites (N-methyl/N-ethyl adjacent to an activating group) is 3. The lowest BCUT2D eigenvalue weighted by molar-refractivity contribution is 0.244. The first-order valence-electron chi connectivity index (χ1n) is 28.8. The molecule has 1 unspecified atom stereocenters. The second-order valence-corrected chi connectivity index (χ2v) is 20.0. The quantitative estimate of drug-likeness (QED) is 0.0262. The number of nitrogens with one attached hydrogen (secondary N) is 10. The zero-order valence-corrected chi connectivity index (χ0v) is 47.6. The normalized spacial score (nSPS) is 12.8. The van der Waals surface area contributed by atoms with E-state index in [1.165, 1.54) is 25.7 Å². The molecule has 0 aromatic carbocycles. The molecule has 0 bridgehead atoms. The lowest BCUT2D eigenvalue weighted by Gasteiger charge is -2.26. The highest BCUT2D eigenvalue weighted by molar-refractivity contribution is 4.72. The van der Waals surface area contributed by atoms with Crippen molar-refractivity contribution in [2.45, 2.75) is 46.5 Å². The number of nitrogens with two attached hydrogens (primary N) is 4. The van der Waals surface area contributed by atoms with Gasteiger partial charge in [-0.3, -0.25) is 24.5 Å². The number of unbranched alkanes of at least 4 members (excludes halogenated alkanes) is 1. The molecule has 0 amide bonds. The van der Waals surface area contributed by atoms with Crippen molar-refractivity contribution in [1.29, 1.82) is 0 Å². The Kier molecular flexibility index (Phi) is 54.8. The van der Waals surface area contributed by atoms with E-state index >= 15 is 0 Å². The van der Waals surface area contributed by atoms with Gasteiger partial charge in [-0.1, -0.05) is 33.6 Å². The van der Waals surface area contributed by atoms with Gasteiger partial charge in [-0.2, -0.15) is 0 Å². The summed E-state index contributed by atoms with van der Waals surface area (Å²) in [6, 6.07) is 0. The Morgan fingerprint density at radius 2 is 0.662 bits per heavy atom. The predicted molar refractivity (Wildman–Crippen MR) is 309 cm³/mol. The van der Waals surface area contributed by atoms with E-state index in [1.807, 2.05) is 14.1 Å². The van der Waals surface area contributed by atoms with E-state index in [-0.39, 0.29) is 0 Å². The highest BCUT2D eigenvalue weighted by Gasteiger charge is 2.12. The van der Waals surface area contributed by atoms with Crippen LogP contribution in [0.1, 0.15) is 46.5 Å². The number of hydrogen-bond donors (Lipinski definition) is 14. The Morgan fingerprint density at radius 3 is 1.00 bits per heavy atom. The second-order valence-electron chi connectivity index (χ2n) is 20.0. The van der Waals surface area contributed by atoms with Gasteiger partial charge in [0.15, 0.2) is 0 Å². The highest BCUT2D eigenvalue weighted by atomic mass is 15.2. The van der Waals surface area contributed by atoms with Gasteiger partial charge in [0, 0.05) is 249 Å². The first-order valence-corrected chi connectivity index (χ1v) is 28.8. The van der Waals surface area contributed by atoms with Crippen LogP contribution in [0.2, 0.25) is 0 Å². The zero-order valence-electron chi connectivity index (χ0n) is 47.6. The number of nitrogens with zero attached hydrogens (tertiary/aromatic N) is 6. The standard InChI is InChI=1S/C51H124N20/c1-7-8-9-51(48-50(2)3)49-65-19-35-66(6)34-18-60-24-42-70(44-27-62-23-39-68(33-13-55)38-21-59-16-15-56-4)45-29-64-30-47-71(43-26-61-22-37-67(31-11-53)32-12-54)46-28-63-25-41-69(36-17-57-5)40-20-58-14-10-52/h50-51,56-65H,7-49,52-55H2,1-6H3. The summed E-state index contributed by atoms with van der Waals surface area (Å²) < 4.78 is 0. The van der Waals surface area contributed by atoms with E-state index in [2.05, 4.69) is 110 Å². The highest BCUT2D eigenvalue weighted by Crippen LogP contribution is 2.17. The second kappa shape index (κ2) is 55.4. The molecule has 0 fully saturated rings. The van der Waals surface area contributed by atoms with Crippen molar-refractivity contribution in [3.63, 3.8) is 0 Å². The van der Waals surface area contributed by atoms with Gasteiger partial charge in [0.2, 0.25) is 0 Å². The molecule has 0 aliphatic rings. The monoisotopic (exact) mass is 1020 g/mol. The maximum absolute atomic E-state index is 5.98. The Labute approximate surface area is 438 Å². The number of hydrogen-bond acceptors (Lipinski definition) is 20. The molecule has 0 spiro atoms. The van der Waals surface area contributed by atoms with Crippen LogP contribution in [0.3, 0.4) is 0 Å². The summed E-state index contributed by atoms with van der Waals surface area (Å²) >= 11 is 0. The van der Waals surface area contributed by atoms with Crippen LogP contribution in [0.5, 0.6) is 0 Å². The van der Waals surface area contributed by atoms with E-state index in [4.69, 9.17) is 22.9 Å². The molecule has 0 aliphatic carbocycles. The van der Waals surface area contributed by atoms with Crippen molar-refractivity contribution in [1.82, 2.24) is 82.6 Å². The Bertz CT molecular complexity index is 1020. The van der Waals surface area contributed by atoms with Gasteiger partial charge in [0.25, 0.3) is 0 Å². The molecule has 20 heteroatoms. The van der Waals surface area contributed by atoms with Crippen LogP contribution in [-0.2, 0) is 0 Å². The van der Waals surface area contributed by atoms with Crippen LogP contribution in [0.4, 0.5) is 0 Å². The third-order valence-electron chi connectivity index (χ3n) is 13.1. The molecule has 20 nitrogen and oxygen atoms in total. The van der Waals surface area contributed by atoms with E-state index in [0.717, 1.165) is 241 Å². The first-order chi connectivity index (χ1) is 34.8. The van der Waals surface area contributed by atoms with Crippen molar-refractivity contribution < 1.29 is 0 Å². The molecule has 71 heavy (non-hydrogen) atoms. The van der Waals surface area contributed by atoms with Crippen LogP contribution in [0, 0.1) is 11.8 Å². The Morgan fingerprint density at radius 1 is 0.352 bits per heavy atom. The summed E-state index contributed by atoms with van der Waals surface area (Å²) in [7, 11) is 6.28. The molecule has 0 radical (unpaired) electrons. The lowest BCUT2D eigenvalue weighted by Crippen LogP contribution is -2.45. The Balaban J connectivity index is 5.21. The molecule has 428 valence electrons. The minimum absolute atomic E-state index is 0.664. The molecular formula is C51H124N20. The molecular weight excluding hydrogens is 893 g/mol. The van der Waals surface area contributed by atoms with Crippen LogP contribution in [-0.4, -0.2) is 306 Å². The van der Waals surface area contributed by atoms with Gasteiger partial charge in [-0.25, -0.2) is 0 Å². The SMILES string of the molecule is CCCCC(CNCCN(C)CCNCCN(CCNCCN(CCN)CCNCCNC)CCNCCN(CCNCCN(CCN)CCN)CCNCCN(CCNC)CCNCCN)CC(C)C. The third kappa shape index (κ3) is 48.6. The maximum atomic E-state index is 5.98. The third-order valence-corrected chi connectivity index (χ3v) is 13.1. The summed E-state index contributed by atoms with van der Waals surface area (Å²) in [6.07, 6.45) is 5.31. The van der Waals surface area contributed by atoms with Gasteiger partial charge < -0.3 is 81.0 Å². The van der Waals surface area contributed by atoms with Crippen LogP contribution in [0.25, 0.3) is 0 Å². The first kappa shape index (κ1) is 70.2.